The molecule has 3 aromatic heterocycles. The normalized spacial score (nSPS) is 10.6. The van der Waals surface area contributed by atoms with E-state index in [0.29, 0.717) is 33.9 Å². The number of aromatic amines is 1. The summed E-state index contributed by atoms with van der Waals surface area (Å²) in [5, 5.41) is 3.71. The third-order valence-corrected chi connectivity index (χ3v) is 4.98. The van der Waals surface area contributed by atoms with Gasteiger partial charge in [-0.3, -0.25) is 4.79 Å². The number of benzene rings is 1. The highest BCUT2D eigenvalue weighted by Gasteiger charge is 2.23. The van der Waals surface area contributed by atoms with E-state index in [4.69, 9.17) is 0 Å². The Morgan fingerprint density at radius 3 is 2.44 bits per heavy atom. The molecule has 0 saturated heterocycles. The van der Waals surface area contributed by atoms with Gasteiger partial charge in [0.05, 0.1) is 23.7 Å². The van der Waals surface area contributed by atoms with Gasteiger partial charge >= 0.3 is 5.97 Å². The van der Waals surface area contributed by atoms with E-state index in [1.54, 1.807) is 30.6 Å². The zero-order chi connectivity index (χ0) is 24.8. The molecular weight excluding hydrogens is 437 g/mol. The summed E-state index contributed by atoms with van der Waals surface area (Å²) in [6.07, 6.45) is 4.72. The Morgan fingerprint density at radius 1 is 1.09 bits per heavy atom. The number of nitrogens with zero attached hydrogens (tertiary/aromatic N) is 3. The third-order valence-electron chi connectivity index (χ3n) is 4.98. The van der Waals surface area contributed by atoms with E-state index < -0.39 is 11.8 Å². The number of H-pyrrole nitrogens is 1. The van der Waals surface area contributed by atoms with Crippen molar-refractivity contribution >= 4 is 34.3 Å². The average molecular weight is 464 g/mol. The number of hydrogen-bond donors (Lipinski definition) is 2. The van der Waals surface area contributed by atoms with Gasteiger partial charge in [-0.1, -0.05) is 27.7 Å². The monoisotopic (exact) mass is 463 g/mol. The maximum atomic E-state index is 13.3. The maximum absolute atomic E-state index is 13.3. The molecule has 4 rings (SSSR count). The van der Waals surface area contributed by atoms with Crippen LogP contribution in [-0.2, 0) is 9.53 Å². The molecule has 0 fully saturated rings. The predicted octanol–water partition coefficient (Wildman–Crippen LogP) is 5.41. The molecule has 0 amide bonds. The molecular formula is C25H26FN5O3. The highest BCUT2D eigenvalue weighted by Crippen LogP contribution is 2.32. The van der Waals surface area contributed by atoms with Gasteiger partial charge in [0, 0.05) is 29.7 Å². The number of nitrogens with one attached hydrogen (secondary N) is 2. The lowest BCUT2D eigenvalue weighted by Crippen LogP contribution is -2.15. The Morgan fingerprint density at radius 2 is 1.79 bits per heavy atom. The fourth-order valence-corrected chi connectivity index (χ4v) is 3.32. The van der Waals surface area contributed by atoms with Gasteiger partial charge in [0.25, 0.3) is 5.78 Å². The number of ether oxygens (including phenoxy) is 1. The van der Waals surface area contributed by atoms with Crippen molar-refractivity contribution in [1.82, 2.24) is 19.9 Å². The van der Waals surface area contributed by atoms with Gasteiger partial charge in [0.1, 0.15) is 17.3 Å². The Hall–Kier alpha value is -4.14. The minimum absolute atomic E-state index is 0.0968. The molecule has 4 aromatic rings. The van der Waals surface area contributed by atoms with Gasteiger partial charge in [0.2, 0.25) is 0 Å². The van der Waals surface area contributed by atoms with E-state index in [9.17, 15) is 14.0 Å². The summed E-state index contributed by atoms with van der Waals surface area (Å²) in [6, 6.07) is 7.59. The van der Waals surface area contributed by atoms with Gasteiger partial charge in [-0.15, -0.1) is 0 Å². The van der Waals surface area contributed by atoms with Crippen LogP contribution in [0.2, 0.25) is 0 Å². The van der Waals surface area contributed by atoms with Crippen LogP contribution in [0.5, 0.6) is 0 Å². The van der Waals surface area contributed by atoms with Crippen molar-refractivity contribution in [2.45, 2.75) is 33.6 Å². The standard InChI is InChI=1S/C23H20FN5O3.C2H6/c1-12(2)15-10-26-20(13-4-6-14(24)7-5-13)29-21(15)28-17-8-9-25-22-18(17)16(11-27-22)19(30)23(31)32-3;1-2/h4-12H,1-3H3,(H2,25,26,27,28,29);1-2H3. The molecule has 8 nitrogen and oxygen atoms in total. The van der Waals surface area contributed by atoms with Gasteiger partial charge < -0.3 is 15.0 Å². The van der Waals surface area contributed by atoms with Crippen molar-refractivity contribution in [3.8, 4) is 11.4 Å². The van der Waals surface area contributed by atoms with Crippen molar-refractivity contribution < 1.29 is 18.7 Å². The second kappa shape index (κ2) is 10.7. The summed E-state index contributed by atoms with van der Waals surface area (Å²) in [4.78, 5) is 40.5. The van der Waals surface area contributed by atoms with Crippen LogP contribution < -0.4 is 5.32 Å². The van der Waals surface area contributed by atoms with Gasteiger partial charge in [-0.05, 0) is 36.2 Å². The molecule has 0 saturated carbocycles. The molecule has 0 atom stereocenters. The van der Waals surface area contributed by atoms with Crippen LogP contribution in [0.25, 0.3) is 22.4 Å². The van der Waals surface area contributed by atoms with Crippen LogP contribution in [0.15, 0.2) is 48.9 Å². The Bertz CT molecular complexity index is 1320. The number of carbonyl (C=O) groups is 2. The number of esters is 1. The van der Waals surface area contributed by atoms with E-state index in [1.807, 2.05) is 27.7 Å². The Balaban J connectivity index is 0.00000158. The molecule has 0 bridgehead atoms. The fourth-order valence-electron chi connectivity index (χ4n) is 3.32. The first kappa shape index (κ1) is 24.5. The van der Waals surface area contributed by atoms with Crippen molar-refractivity contribution in [3.05, 3.63) is 65.9 Å². The SMILES string of the molecule is CC.COC(=O)C(=O)c1c[nH]c2nccc(Nc3nc(-c4ccc(F)cc4)ncc3C(C)C)c12. The molecule has 0 aliphatic carbocycles. The quantitative estimate of drug-likeness (QED) is 0.224. The second-order valence-corrected chi connectivity index (χ2v) is 7.39. The molecule has 34 heavy (non-hydrogen) atoms. The molecule has 0 spiro atoms. The van der Waals surface area contributed by atoms with Crippen molar-refractivity contribution in [2.75, 3.05) is 12.4 Å². The number of halogens is 1. The molecule has 2 N–H and O–H groups in total. The third kappa shape index (κ3) is 4.93. The van der Waals surface area contributed by atoms with E-state index in [2.05, 4.69) is 30.0 Å². The van der Waals surface area contributed by atoms with Crippen LogP contribution in [0.1, 0.15) is 49.5 Å². The summed E-state index contributed by atoms with van der Waals surface area (Å²) in [6.45, 7) is 8.01. The van der Waals surface area contributed by atoms with Crippen molar-refractivity contribution in [3.63, 3.8) is 0 Å². The minimum atomic E-state index is -0.968. The van der Waals surface area contributed by atoms with E-state index in [-0.39, 0.29) is 17.3 Å². The molecule has 0 unspecified atom stereocenters. The number of anilines is 2. The van der Waals surface area contributed by atoms with Gasteiger partial charge in [-0.2, -0.15) is 0 Å². The molecule has 0 aliphatic heterocycles. The predicted molar refractivity (Wildman–Crippen MR) is 129 cm³/mol. The number of fused-ring (bicyclic) bond motifs is 1. The second-order valence-electron chi connectivity index (χ2n) is 7.39. The zero-order valence-electron chi connectivity index (χ0n) is 19.6. The zero-order valence-corrected chi connectivity index (χ0v) is 19.6. The van der Waals surface area contributed by atoms with E-state index in [0.717, 1.165) is 12.7 Å². The number of aromatic nitrogens is 4. The van der Waals surface area contributed by atoms with E-state index >= 15 is 0 Å². The molecule has 0 radical (unpaired) electrons. The number of rotatable bonds is 6. The summed E-state index contributed by atoms with van der Waals surface area (Å²) in [7, 11) is 1.15. The Kier molecular flexibility index (Phi) is 7.68. The first-order valence-electron chi connectivity index (χ1n) is 10.9. The minimum Gasteiger partial charge on any atom is -0.463 e. The molecule has 0 aliphatic rings. The lowest BCUT2D eigenvalue weighted by atomic mass is 10.0. The molecule has 9 heteroatoms. The number of hydrogen-bond acceptors (Lipinski definition) is 7. The Labute approximate surface area is 196 Å². The van der Waals surface area contributed by atoms with Crippen LogP contribution in [0, 0.1) is 5.82 Å². The average Bonchev–Trinajstić information content (AvgIpc) is 3.30. The summed E-state index contributed by atoms with van der Waals surface area (Å²) < 4.78 is 17.9. The van der Waals surface area contributed by atoms with Crippen molar-refractivity contribution in [2.24, 2.45) is 0 Å². The lowest BCUT2D eigenvalue weighted by molar-refractivity contribution is -0.135. The van der Waals surface area contributed by atoms with Crippen LogP contribution in [0.3, 0.4) is 0 Å². The highest BCUT2D eigenvalue weighted by atomic mass is 19.1. The summed E-state index contributed by atoms with van der Waals surface area (Å²) >= 11 is 0. The first-order chi connectivity index (χ1) is 16.4. The molecule has 3 heterocycles. The summed E-state index contributed by atoms with van der Waals surface area (Å²) in [5.74, 6) is -1.06. The van der Waals surface area contributed by atoms with Crippen LogP contribution in [0.4, 0.5) is 15.9 Å². The van der Waals surface area contributed by atoms with Crippen LogP contribution >= 0.6 is 0 Å². The molecule has 176 valence electrons. The topological polar surface area (TPSA) is 110 Å². The lowest BCUT2D eigenvalue weighted by Gasteiger charge is -2.15. The van der Waals surface area contributed by atoms with Gasteiger partial charge in [-0.25, -0.2) is 24.1 Å². The number of Topliss-reactive ketones (excluding diaryl/α,β-unsaturated/α-hetero) is 1. The number of methoxy groups -OCH3 is 1. The first-order valence-corrected chi connectivity index (χ1v) is 10.9. The smallest absolute Gasteiger partial charge is 0.379 e. The number of carbonyl (C=O) groups excluding carboxylic acids is 2. The number of pyridine rings is 1. The van der Waals surface area contributed by atoms with Crippen LogP contribution in [-0.4, -0.2) is 38.8 Å². The molecule has 1 aromatic carbocycles. The largest absolute Gasteiger partial charge is 0.463 e. The fraction of sp³-hybridized carbons (Fsp3) is 0.240. The van der Waals surface area contributed by atoms with E-state index in [1.165, 1.54) is 18.3 Å². The summed E-state index contributed by atoms with van der Waals surface area (Å²) in [5.41, 5.74) is 2.61. The van der Waals surface area contributed by atoms with Gasteiger partial charge in [0.15, 0.2) is 5.82 Å². The van der Waals surface area contributed by atoms with Crippen molar-refractivity contribution in [1.29, 1.82) is 0 Å². The maximum Gasteiger partial charge on any atom is 0.379 e. The highest BCUT2D eigenvalue weighted by molar-refractivity contribution is 6.43. The number of ketones is 1.